The van der Waals surface area contributed by atoms with E-state index in [1.54, 1.807) is 0 Å². The fourth-order valence-electron chi connectivity index (χ4n) is 0.0810. The molecule has 0 fully saturated rings. The molecule has 4 N–H and O–H groups in total. The van der Waals surface area contributed by atoms with Crippen LogP contribution in [0.2, 0.25) is 0 Å². The maximum Gasteiger partial charge on any atom is 0.290 e. The van der Waals surface area contributed by atoms with Crippen molar-refractivity contribution in [2.24, 2.45) is 10.9 Å². The lowest BCUT2D eigenvalue weighted by Gasteiger charge is -1.82. The van der Waals surface area contributed by atoms with E-state index >= 15 is 0 Å². The minimum Gasteiger partial charge on any atom is -0.360 e. The molecule has 0 aliphatic carbocycles. The Kier molecular flexibility index (Phi) is 2.97. The monoisotopic (exact) mass is 140 g/mol. The lowest BCUT2D eigenvalue weighted by Crippen LogP contribution is -2.07. The molecule has 4 nitrogen and oxygen atoms in total. The van der Waals surface area contributed by atoms with Gasteiger partial charge in [0.15, 0.2) is 10.0 Å². The van der Waals surface area contributed by atoms with Crippen molar-refractivity contribution >= 4 is 26.1 Å². The third-order valence-electron chi connectivity index (χ3n) is 0.164. The van der Waals surface area contributed by atoms with Crippen LogP contribution in [0.15, 0.2) is 0 Å². The molecular weight excluding hydrogens is 136 g/mol. The van der Waals surface area contributed by atoms with Crippen LogP contribution in [0.25, 0.3) is 0 Å². The fraction of sp³-hybridized carbons (Fsp3) is 0. The summed E-state index contributed by atoms with van der Waals surface area (Å²) in [6.07, 6.45) is 0. The van der Waals surface area contributed by atoms with E-state index in [4.69, 9.17) is 0 Å². The van der Waals surface area contributed by atoms with Crippen LogP contribution in [0.3, 0.4) is 0 Å². The maximum atomic E-state index is 9.81. The molecule has 0 aliphatic rings. The average Bonchev–Trinajstić information content (AvgIpc) is 1.27. The van der Waals surface area contributed by atoms with Crippen LogP contribution in [-0.2, 0) is 10.0 Å². The van der Waals surface area contributed by atoms with Gasteiger partial charge in [-0.25, -0.2) is 9.35 Å². The van der Waals surface area contributed by atoms with Crippen LogP contribution in [0.5, 0.6) is 0 Å². The van der Waals surface area contributed by atoms with Gasteiger partial charge < -0.3 is 5.73 Å². The highest BCUT2D eigenvalue weighted by atomic mass is 33.1. The Hall–Kier alpha value is -0.0700. The van der Waals surface area contributed by atoms with Crippen LogP contribution < -0.4 is 10.9 Å². The SMILES string of the molecule is NC(=O)SS(N)=O. The Balaban J connectivity index is 3.32. The summed E-state index contributed by atoms with van der Waals surface area (Å²) in [4.78, 5) is 9.72. The number of hydrogen-bond acceptors (Lipinski definition) is 3. The Morgan fingerprint density at radius 2 is 2.14 bits per heavy atom. The number of nitrogens with two attached hydrogens (primary N) is 2. The van der Waals surface area contributed by atoms with E-state index < -0.39 is 15.3 Å². The van der Waals surface area contributed by atoms with Gasteiger partial charge in [-0.2, -0.15) is 0 Å². The number of hydrogen-bond donors (Lipinski definition) is 2. The number of primary amides is 1. The molecule has 0 aliphatic heterocycles. The lowest BCUT2D eigenvalue weighted by atomic mass is 11.5. The van der Waals surface area contributed by atoms with Gasteiger partial charge in [-0.3, -0.25) is 4.79 Å². The summed E-state index contributed by atoms with van der Waals surface area (Å²) >= 11 is 0. The lowest BCUT2D eigenvalue weighted by molar-refractivity contribution is 0.267. The first-order valence-electron chi connectivity index (χ1n) is 1.27. The van der Waals surface area contributed by atoms with Crippen LogP contribution in [0.1, 0.15) is 0 Å². The van der Waals surface area contributed by atoms with Crippen LogP contribution in [0.4, 0.5) is 4.79 Å². The molecule has 0 heterocycles. The minimum absolute atomic E-state index is 0.398. The third kappa shape index (κ3) is 5.93. The van der Waals surface area contributed by atoms with Gasteiger partial charge in [0.05, 0.1) is 10.8 Å². The van der Waals surface area contributed by atoms with E-state index in [-0.39, 0.29) is 0 Å². The van der Waals surface area contributed by atoms with E-state index in [9.17, 15) is 9.00 Å². The van der Waals surface area contributed by atoms with Gasteiger partial charge in [0.2, 0.25) is 0 Å². The van der Waals surface area contributed by atoms with Gasteiger partial charge in [0.1, 0.15) is 0 Å². The minimum atomic E-state index is -1.65. The standard InChI is InChI=1S/CH4N2O2S2/c2-1(4)6-7(3)5/h3H2,(H2,2,4). The third-order valence-corrected chi connectivity index (χ3v) is 1.48. The normalized spacial score (nSPS) is 13.3. The molecule has 1 unspecified atom stereocenters. The molecule has 7 heavy (non-hydrogen) atoms. The Bertz CT molecular complexity index is 89.9. The molecule has 0 rings (SSSR count). The summed E-state index contributed by atoms with van der Waals surface area (Å²) in [6, 6.07) is 0. The van der Waals surface area contributed by atoms with Gasteiger partial charge in [-0.1, -0.05) is 0 Å². The average molecular weight is 140 g/mol. The Morgan fingerprint density at radius 3 is 2.14 bits per heavy atom. The predicted molar refractivity (Wildman–Crippen MR) is 29.5 cm³/mol. The quantitative estimate of drug-likeness (QED) is 0.474. The zero-order valence-corrected chi connectivity index (χ0v) is 4.92. The molecule has 0 saturated heterocycles. The van der Waals surface area contributed by atoms with Crippen LogP contribution >= 0.6 is 10.8 Å². The number of carbonyl (C=O) groups excluding carboxylic acids is 1. The highest BCUT2D eigenvalue weighted by Crippen LogP contribution is 1.98. The molecule has 42 valence electrons. The molecule has 6 heteroatoms. The van der Waals surface area contributed by atoms with Gasteiger partial charge >= 0.3 is 0 Å². The van der Waals surface area contributed by atoms with E-state index in [1.807, 2.05) is 0 Å². The summed E-state index contributed by atoms with van der Waals surface area (Å²) < 4.78 is 9.81. The molecule has 0 radical (unpaired) electrons. The van der Waals surface area contributed by atoms with Crippen molar-refractivity contribution in [3.05, 3.63) is 0 Å². The molecular formula is CH4N2O2S2. The maximum absolute atomic E-state index is 9.81. The van der Waals surface area contributed by atoms with E-state index in [0.29, 0.717) is 10.8 Å². The first-order chi connectivity index (χ1) is 3.13. The summed E-state index contributed by atoms with van der Waals surface area (Å²) in [5.74, 6) is 0. The summed E-state index contributed by atoms with van der Waals surface area (Å²) in [7, 11) is -1.26. The predicted octanol–water partition coefficient (Wildman–Crippen LogP) is -0.664. The largest absolute Gasteiger partial charge is 0.360 e. The summed E-state index contributed by atoms with van der Waals surface area (Å²) in [5, 5.41) is 3.91. The van der Waals surface area contributed by atoms with Crippen LogP contribution in [0, 0.1) is 0 Å². The first-order valence-corrected chi connectivity index (χ1v) is 3.81. The molecule has 0 aromatic rings. The van der Waals surface area contributed by atoms with Gasteiger partial charge in [0, 0.05) is 0 Å². The second kappa shape index (κ2) is 3.00. The second-order valence-electron chi connectivity index (χ2n) is 0.663. The number of rotatable bonds is 1. The van der Waals surface area contributed by atoms with Crippen molar-refractivity contribution in [1.29, 1.82) is 0 Å². The number of amides is 1. The fourth-order valence-corrected chi connectivity index (χ4v) is 0.729. The van der Waals surface area contributed by atoms with Crippen molar-refractivity contribution in [2.75, 3.05) is 0 Å². The topological polar surface area (TPSA) is 86.2 Å². The molecule has 0 bridgehead atoms. The summed E-state index contributed by atoms with van der Waals surface area (Å²) in [5.41, 5.74) is 4.54. The highest BCUT2D eigenvalue weighted by molar-refractivity contribution is 8.74. The highest BCUT2D eigenvalue weighted by Gasteiger charge is 1.95. The second-order valence-corrected chi connectivity index (χ2v) is 3.24. The van der Waals surface area contributed by atoms with Crippen molar-refractivity contribution in [3.63, 3.8) is 0 Å². The molecule has 0 saturated carbocycles. The molecule has 0 spiro atoms. The molecule has 0 aromatic carbocycles. The van der Waals surface area contributed by atoms with Gasteiger partial charge in [-0.05, 0) is 0 Å². The van der Waals surface area contributed by atoms with Gasteiger partial charge in [0.25, 0.3) is 5.24 Å². The van der Waals surface area contributed by atoms with Crippen molar-refractivity contribution in [2.45, 2.75) is 0 Å². The first kappa shape index (κ1) is 6.93. The molecule has 1 atom stereocenters. The van der Waals surface area contributed by atoms with Crippen molar-refractivity contribution < 1.29 is 9.00 Å². The molecule has 1 amide bonds. The molecule has 0 aromatic heterocycles. The Labute approximate surface area is 46.6 Å². The zero-order chi connectivity index (χ0) is 5.86. The number of carbonyl (C=O) groups is 1. The van der Waals surface area contributed by atoms with E-state index in [0.717, 1.165) is 0 Å². The van der Waals surface area contributed by atoms with Crippen molar-refractivity contribution in [3.8, 4) is 0 Å². The van der Waals surface area contributed by atoms with Gasteiger partial charge in [-0.15, -0.1) is 0 Å². The zero-order valence-electron chi connectivity index (χ0n) is 3.29. The smallest absolute Gasteiger partial charge is 0.290 e. The van der Waals surface area contributed by atoms with Crippen LogP contribution in [-0.4, -0.2) is 9.45 Å². The van der Waals surface area contributed by atoms with E-state index in [1.165, 1.54) is 0 Å². The summed E-state index contributed by atoms with van der Waals surface area (Å²) in [6.45, 7) is 0. The Morgan fingerprint density at radius 1 is 1.71 bits per heavy atom. The van der Waals surface area contributed by atoms with E-state index in [2.05, 4.69) is 10.9 Å². The van der Waals surface area contributed by atoms with Crippen molar-refractivity contribution in [1.82, 2.24) is 0 Å².